The molecule has 21 heavy (non-hydrogen) atoms. The lowest BCUT2D eigenvalue weighted by Gasteiger charge is -2.35. The maximum absolute atomic E-state index is 4.73. The molecule has 1 aliphatic heterocycles. The molecule has 1 aliphatic carbocycles. The minimum absolute atomic E-state index is 0.562. The molecule has 0 amide bonds. The predicted molar refractivity (Wildman–Crippen MR) is 85.6 cm³/mol. The second-order valence-electron chi connectivity index (χ2n) is 6.37. The number of hydrogen-bond acceptors (Lipinski definition) is 5. The highest BCUT2D eigenvalue weighted by atomic mass is 15.3. The number of piperidine rings is 1. The van der Waals surface area contributed by atoms with E-state index in [1.165, 1.54) is 51.4 Å². The van der Waals surface area contributed by atoms with Crippen LogP contribution in [0.5, 0.6) is 0 Å². The summed E-state index contributed by atoms with van der Waals surface area (Å²) in [6.07, 6.45) is 13.3. The third kappa shape index (κ3) is 3.63. The average molecular weight is 289 g/mol. The molecule has 2 heterocycles. The molecule has 5 nitrogen and oxygen atoms in total. The fourth-order valence-corrected chi connectivity index (χ4v) is 3.63. The minimum Gasteiger partial charge on any atom is -0.366 e. The van der Waals surface area contributed by atoms with Crippen molar-refractivity contribution in [3.8, 4) is 0 Å². The molecular weight excluding hydrogens is 262 g/mol. The van der Waals surface area contributed by atoms with Crippen LogP contribution in [0, 0.1) is 0 Å². The van der Waals surface area contributed by atoms with Crippen LogP contribution in [0.15, 0.2) is 6.20 Å². The van der Waals surface area contributed by atoms with Gasteiger partial charge in [0.05, 0.1) is 6.20 Å². The maximum Gasteiger partial charge on any atom is 0.247 e. The first-order valence-corrected chi connectivity index (χ1v) is 8.59. The first-order chi connectivity index (χ1) is 10.4. The number of hydrogen-bond donors (Lipinski definition) is 1. The van der Waals surface area contributed by atoms with E-state index in [1.807, 2.05) is 0 Å². The van der Waals surface area contributed by atoms with Gasteiger partial charge in [0.2, 0.25) is 5.95 Å². The van der Waals surface area contributed by atoms with E-state index in [9.17, 15) is 0 Å². The maximum atomic E-state index is 4.73. The highest BCUT2D eigenvalue weighted by Crippen LogP contribution is 2.25. The number of nitrogens with one attached hydrogen (secondary N) is 1. The molecular formula is C16H27N5. The van der Waals surface area contributed by atoms with E-state index >= 15 is 0 Å². The van der Waals surface area contributed by atoms with Crippen molar-refractivity contribution < 1.29 is 0 Å². The van der Waals surface area contributed by atoms with Gasteiger partial charge in [-0.25, -0.2) is 0 Å². The van der Waals surface area contributed by atoms with Crippen LogP contribution in [0.3, 0.4) is 0 Å². The molecule has 1 N–H and O–H groups in total. The van der Waals surface area contributed by atoms with Gasteiger partial charge in [-0.1, -0.05) is 26.2 Å². The second-order valence-corrected chi connectivity index (χ2v) is 6.37. The Labute approximate surface area is 127 Å². The Bertz CT molecular complexity index is 444. The molecule has 1 aromatic rings. The smallest absolute Gasteiger partial charge is 0.247 e. The van der Waals surface area contributed by atoms with Crippen LogP contribution in [-0.4, -0.2) is 33.8 Å². The van der Waals surface area contributed by atoms with Gasteiger partial charge in [-0.3, -0.25) is 0 Å². The van der Waals surface area contributed by atoms with Gasteiger partial charge in [0, 0.05) is 18.6 Å². The predicted octanol–water partition coefficient (Wildman–Crippen LogP) is 3.39. The topological polar surface area (TPSA) is 53.9 Å². The van der Waals surface area contributed by atoms with Crippen LogP contribution < -0.4 is 10.2 Å². The summed E-state index contributed by atoms with van der Waals surface area (Å²) in [4.78, 5) is 7.08. The van der Waals surface area contributed by atoms with E-state index in [4.69, 9.17) is 4.98 Å². The number of aromatic nitrogens is 3. The molecule has 0 aromatic carbocycles. The Morgan fingerprint density at radius 1 is 1.14 bits per heavy atom. The van der Waals surface area contributed by atoms with Crippen molar-refractivity contribution in [2.24, 2.45) is 0 Å². The van der Waals surface area contributed by atoms with Crippen LogP contribution in [0.25, 0.3) is 0 Å². The average Bonchev–Trinajstić information content (AvgIpc) is 2.56. The van der Waals surface area contributed by atoms with Gasteiger partial charge in [-0.05, 0) is 38.5 Å². The van der Waals surface area contributed by atoms with Gasteiger partial charge in [0.1, 0.15) is 0 Å². The molecule has 1 saturated heterocycles. The van der Waals surface area contributed by atoms with Crippen LogP contribution in [-0.2, 0) is 0 Å². The van der Waals surface area contributed by atoms with E-state index in [-0.39, 0.29) is 0 Å². The third-order valence-electron chi connectivity index (χ3n) is 4.86. The Morgan fingerprint density at radius 2 is 1.95 bits per heavy atom. The van der Waals surface area contributed by atoms with Crippen molar-refractivity contribution in [3.63, 3.8) is 0 Å². The monoisotopic (exact) mass is 289 g/mol. The molecule has 1 unspecified atom stereocenters. The summed E-state index contributed by atoms with van der Waals surface area (Å²) < 4.78 is 0. The van der Waals surface area contributed by atoms with E-state index in [1.54, 1.807) is 6.20 Å². The third-order valence-corrected chi connectivity index (χ3v) is 4.86. The van der Waals surface area contributed by atoms with Gasteiger partial charge in [0.15, 0.2) is 5.82 Å². The standard InChI is InChI=1S/C16H27N5/c1-2-14-10-6-7-11-21(14)16-19-15(12-17-20-16)18-13-8-4-3-5-9-13/h12-14H,2-11H2,1H3,(H,18,19,20). The fraction of sp³-hybridized carbons (Fsp3) is 0.812. The Morgan fingerprint density at radius 3 is 2.76 bits per heavy atom. The van der Waals surface area contributed by atoms with E-state index in [0.29, 0.717) is 12.1 Å². The highest BCUT2D eigenvalue weighted by Gasteiger charge is 2.24. The molecule has 2 aliphatic rings. The molecule has 3 rings (SSSR count). The van der Waals surface area contributed by atoms with Crippen molar-refractivity contribution >= 4 is 11.8 Å². The van der Waals surface area contributed by atoms with E-state index < -0.39 is 0 Å². The highest BCUT2D eigenvalue weighted by molar-refractivity contribution is 5.40. The summed E-state index contributed by atoms with van der Waals surface area (Å²) in [6.45, 7) is 3.31. The summed E-state index contributed by atoms with van der Waals surface area (Å²) in [5.41, 5.74) is 0. The second kappa shape index (κ2) is 7.05. The van der Waals surface area contributed by atoms with Gasteiger partial charge in [-0.2, -0.15) is 10.1 Å². The largest absolute Gasteiger partial charge is 0.366 e. The zero-order valence-electron chi connectivity index (χ0n) is 13.1. The van der Waals surface area contributed by atoms with Gasteiger partial charge < -0.3 is 10.2 Å². The first kappa shape index (κ1) is 14.5. The van der Waals surface area contributed by atoms with Gasteiger partial charge in [-0.15, -0.1) is 5.10 Å². The quantitative estimate of drug-likeness (QED) is 0.921. The lowest BCUT2D eigenvalue weighted by molar-refractivity contribution is 0.441. The van der Waals surface area contributed by atoms with Crippen LogP contribution in [0.4, 0.5) is 11.8 Å². The van der Waals surface area contributed by atoms with Crippen LogP contribution in [0.2, 0.25) is 0 Å². The molecule has 1 aromatic heterocycles. The lowest BCUT2D eigenvalue weighted by Crippen LogP contribution is -2.40. The summed E-state index contributed by atoms with van der Waals surface area (Å²) in [6, 6.07) is 1.14. The summed E-state index contributed by atoms with van der Waals surface area (Å²) >= 11 is 0. The van der Waals surface area contributed by atoms with Gasteiger partial charge >= 0.3 is 0 Å². The minimum atomic E-state index is 0.562. The zero-order valence-corrected chi connectivity index (χ0v) is 13.1. The van der Waals surface area contributed by atoms with Crippen molar-refractivity contribution in [3.05, 3.63) is 6.20 Å². The van der Waals surface area contributed by atoms with Crippen molar-refractivity contribution in [1.82, 2.24) is 15.2 Å². The fourth-order valence-electron chi connectivity index (χ4n) is 3.63. The molecule has 0 bridgehead atoms. The summed E-state index contributed by atoms with van der Waals surface area (Å²) in [5.74, 6) is 1.70. The van der Waals surface area contributed by atoms with Crippen molar-refractivity contribution in [1.29, 1.82) is 0 Å². The number of anilines is 2. The molecule has 5 heteroatoms. The normalized spacial score (nSPS) is 24.0. The molecule has 2 fully saturated rings. The molecule has 0 spiro atoms. The molecule has 1 saturated carbocycles. The van der Waals surface area contributed by atoms with E-state index in [2.05, 4.69) is 27.3 Å². The number of nitrogens with zero attached hydrogens (tertiary/aromatic N) is 4. The zero-order chi connectivity index (χ0) is 14.5. The molecule has 0 radical (unpaired) electrons. The number of rotatable bonds is 4. The summed E-state index contributed by atoms with van der Waals surface area (Å²) in [7, 11) is 0. The van der Waals surface area contributed by atoms with Gasteiger partial charge in [0.25, 0.3) is 0 Å². The van der Waals surface area contributed by atoms with Crippen molar-refractivity contribution in [2.45, 2.75) is 76.8 Å². The lowest BCUT2D eigenvalue weighted by atomic mass is 9.96. The first-order valence-electron chi connectivity index (χ1n) is 8.59. The van der Waals surface area contributed by atoms with Crippen molar-refractivity contribution in [2.75, 3.05) is 16.8 Å². The van der Waals surface area contributed by atoms with E-state index in [0.717, 1.165) is 24.7 Å². The Hall–Kier alpha value is -1.39. The van der Waals surface area contributed by atoms with Crippen LogP contribution in [0.1, 0.15) is 64.7 Å². The van der Waals surface area contributed by atoms with Crippen LogP contribution >= 0.6 is 0 Å². The molecule has 1 atom stereocenters. The molecule has 116 valence electrons. The SMILES string of the molecule is CCC1CCCCN1c1nncc(NC2CCCCC2)n1. The Balaban J connectivity index is 1.69. The summed E-state index contributed by atoms with van der Waals surface area (Å²) in [5, 5.41) is 12.0. The Kier molecular flexibility index (Phi) is 4.88.